The van der Waals surface area contributed by atoms with Crippen molar-refractivity contribution >= 4 is 5.91 Å². The molecule has 5 nitrogen and oxygen atoms in total. The normalized spacial score (nSPS) is 28.2. The average molecular weight is 305 g/mol. The number of hydrogen-bond acceptors (Lipinski definition) is 4. The first-order chi connectivity index (χ1) is 10.4. The van der Waals surface area contributed by atoms with Crippen LogP contribution >= 0.6 is 0 Å². The number of ether oxygens (including phenoxy) is 1. The molecule has 22 heavy (non-hydrogen) atoms. The summed E-state index contributed by atoms with van der Waals surface area (Å²) in [5.41, 5.74) is -0.172. The van der Waals surface area contributed by atoms with E-state index >= 15 is 0 Å². The number of likely N-dealkylation sites (tertiary alicyclic amines) is 1. The number of carbonyl (C=O) groups is 1. The standard InChI is InChI=1S/C17H23NO4/c1-16(2,3)21-22-17(14-12-20-14)10-9-15(19)18(17)11-13-7-5-4-6-8-13/h4-8,14H,9-12H2,1-3H3/t14-,17-/m0/s1. The van der Waals surface area contributed by atoms with Gasteiger partial charge in [-0.25, -0.2) is 9.78 Å². The van der Waals surface area contributed by atoms with E-state index in [0.29, 0.717) is 26.0 Å². The smallest absolute Gasteiger partial charge is 0.225 e. The van der Waals surface area contributed by atoms with Crippen LogP contribution in [0.15, 0.2) is 30.3 Å². The van der Waals surface area contributed by atoms with Gasteiger partial charge in [0.1, 0.15) is 6.10 Å². The van der Waals surface area contributed by atoms with E-state index in [2.05, 4.69) is 0 Å². The van der Waals surface area contributed by atoms with Gasteiger partial charge in [-0.2, -0.15) is 0 Å². The van der Waals surface area contributed by atoms with Gasteiger partial charge >= 0.3 is 0 Å². The number of carbonyl (C=O) groups excluding carboxylic acids is 1. The van der Waals surface area contributed by atoms with Gasteiger partial charge in [0.05, 0.1) is 12.2 Å². The number of amides is 1. The van der Waals surface area contributed by atoms with Gasteiger partial charge in [0.15, 0.2) is 0 Å². The van der Waals surface area contributed by atoms with Crippen molar-refractivity contribution in [2.24, 2.45) is 0 Å². The lowest BCUT2D eigenvalue weighted by molar-refractivity contribution is -0.428. The Morgan fingerprint density at radius 1 is 1.32 bits per heavy atom. The maximum Gasteiger partial charge on any atom is 0.225 e. The first kappa shape index (κ1) is 15.5. The minimum absolute atomic E-state index is 0.0804. The van der Waals surface area contributed by atoms with Crippen LogP contribution in [0, 0.1) is 0 Å². The summed E-state index contributed by atoms with van der Waals surface area (Å²) in [5.74, 6) is 0.0804. The first-order valence-corrected chi connectivity index (χ1v) is 7.74. The summed E-state index contributed by atoms with van der Waals surface area (Å²) in [4.78, 5) is 25.5. The van der Waals surface area contributed by atoms with Gasteiger partial charge in [-0.3, -0.25) is 4.79 Å². The molecule has 0 aromatic heterocycles. The van der Waals surface area contributed by atoms with E-state index in [0.717, 1.165) is 5.56 Å². The summed E-state index contributed by atoms with van der Waals surface area (Å²) in [7, 11) is 0. The number of benzene rings is 1. The van der Waals surface area contributed by atoms with Crippen molar-refractivity contribution in [1.82, 2.24) is 4.90 Å². The molecule has 0 N–H and O–H groups in total. The van der Waals surface area contributed by atoms with Crippen molar-refractivity contribution in [2.45, 2.75) is 57.6 Å². The summed E-state index contributed by atoms with van der Waals surface area (Å²) in [5, 5.41) is 0. The molecule has 120 valence electrons. The Labute approximate surface area is 131 Å². The number of nitrogens with zero attached hydrogens (tertiary/aromatic N) is 1. The molecule has 2 aliphatic heterocycles. The average Bonchev–Trinajstić information content (AvgIpc) is 3.27. The molecule has 1 aromatic rings. The van der Waals surface area contributed by atoms with E-state index in [1.807, 2.05) is 51.1 Å². The van der Waals surface area contributed by atoms with Crippen LogP contribution in [-0.4, -0.2) is 34.8 Å². The third-order valence-electron chi connectivity index (χ3n) is 3.91. The van der Waals surface area contributed by atoms with Crippen LogP contribution in [0.1, 0.15) is 39.2 Å². The zero-order valence-electron chi connectivity index (χ0n) is 13.4. The van der Waals surface area contributed by atoms with Gasteiger partial charge in [0, 0.05) is 19.4 Å². The summed E-state index contributed by atoms with van der Waals surface area (Å²) >= 11 is 0. The van der Waals surface area contributed by atoms with Crippen molar-refractivity contribution in [3.63, 3.8) is 0 Å². The largest absolute Gasteiger partial charge is 0.368 e. The van der Waals surface area contributed by atoms with Crippen LogP contribution in [0.3, 0.4) is 0 Å². The molecule has 5 heteroatoms. The van der Waals surface area contributed by atoms with Crippen molar-refractivity contribution in [3.05, 3.63) is 35.9 Å². The molecule has 0 saturated carbocycles. The lowest BCUT2D eigenvalue weighted by Crippen LogP contribution is -2.52. The Morgan fingerprint density at radius 3 is 2.59 bits per heavy atom. The minimum Gasteiger partial charge on any atom is -0.368 e. The molecule has 2 heterocycles. The van der Waals surface area contributed by atoms with Gasteiger partial charge in [-0.1, -0.05) is 30.3 Å². The van der Waals surface area contributed by atoms with Gasteiger partial charge in [-0.15, -0.1) is 0 Å². The second-order valence-electron chi connectivity index (χ2n) is 6.91. The third kappa shape index (κ3) is 3.16. The molecule has 0 unspecified atom stereocenters. The molecule has 2 fully saturated rings. The molecular formula is C17H23NO4. The molecule has 1 amide bonds. The fourth-order valence-electron chi connectivity index (χ4n) is 2.74. The second-order valence-corrected chi connectivity index (χ2v) is 6.91. The number of hydrogen-bond donors (Lipinski definition) is 0. The Bertz CT molecular complexity index is 535. The molecular weight excluding hydrogens is 282 g/mol. The summed E-state index contributed by atoms with van der Waals surface area (Å²) in [6.45, 7) is 6.88. The quantitative estimate of drug-likeness (QED) is 0.477. The Hall–Kier alpha value is -1.43. The van der Waals surface area contributed by atoms with Crippen molar-refractivity contribution < 1.29 is 19.3 Å². The molecule has 2 saturated heterocycles. The fraction of sp³-hybridized carbons (Fsp3) is 0.588. The molecule has 0 spiro atoms. The maximum absolute atomic E-state index is 12.4. The number of epoxide rings is 1. The molecule has 2 atom stereocenters. The predicted molar refractivity (Wildman–Crippen MR) is 80.6 cm³/mol. The predicted octanol–water partition coefficient (Wildman–Crippen LogP) is 2.65. The van der Waals surface area contributed by atoms with Gasteiger partial charge in [0.25, 0.3) is 0 Å². The topological polar surface area (TPSA) is 51.3 Å². The van der Waals surface area contributed by atoms with Crippen molar-refractivity contribution in [1.29, 1.82) is 0 Å². The zero-order chi connectivity index (χ0) is 15.8. The molecule has 0 bridgehead atoms. The molecule has 0 radical (unpaired) electrons. The summed E-state index contributed by atoms with van der Waals surface area (Å²) in [6.07, 6.45) is 0.949. The molecule has 0 aliphatic carbocycles. The van der Waals surface area contributed by atoms with Crippen LogP contribution in [0.25, 0.3) is 0 Å². The van der Waals surface area contributed by atoms with Crippen LogP contribution in [-0.2, 0) is 25.9 Å². The van der Waals surface area contributed by atoms with Gasteiger partial charge in [0.2, 0.25) is 11.6 Å². The number of rotatable bonds is 5. The van der Waals surface area contributed by atoms with Crippen LogP contribution < -0.4 is 0 Å². The highest BCUT2D eigenvalue weighted by Crippen LogP contribution is 2.42. The summed E-state index contributed by atoms with van der Waals surface area (Å²) in [6, 6.07) is 9.92. The molecule has 2 aliphatic rings. The van der Waals surface area contributed by atoms with E-state index < -0.39 is 11.3 Å². The highest BCUT2D eigenvalue weighted by molar-refractivity contribution is 5.79. The van der Waals surface area contributed by atoms with E-state index in [9.17, 15) is 4.79 Å². The second kappa shape index (κ2) is 5.65. The monoisotopic (exact) mass is 305 g/mol. The van der Waals surface area contributed by atoms with E-state index in [1.54, 1.807) is 4.90 Å². The van der Waals surface area contributed by atoms with E-state index in [-0.39, 0.29) is 12.0 Å². The highest BCUT2D eigenvalue weighted by Gasteiger charge is 2.59. The van der Waals surface area contributed by atoms with Gasteiger partial charge in [-0.05, 0) is 26.3 Å². The van der Waals surface area contributed by atoms with E-state index in [1.165, 1.54) is 0 Å². The summed E-state index contributed by atoms with van der Waals surface area (Å²) < 4.78 is 5.48. The Morgan fingerprint density at radius 2 is 2.00 bits per heavy atom. The minimum atomic E-state index is -0.805. The van der Waals surface area contributed by atoms with Gasteiger partial charge < -0.3 is 9.64 Å². The fourth-order valence-corrected chi connectivity index (χ4v) is 2.74. The Kier molecular flexibility index (Phi) is 3.97. The SMILES string of the molecule is CC(C)(C)OO[C@]1([C@@H]2CO2)CCC(=O)N1Cc1ccccc1. The van der Waals surface area contributed by atoms with Crippen molar-refractivity contribution in [3.8, 4) is 0 Å². The van der Waals surface area contributed by atoms with Crippen LogP contribution in [0.2, 0.25) is 0 Å². The zero-order valence-corrected chi connectivity index (χ0v) is 13.4. The first-order valence-electron chi connectivity index (χ1n) is 7.74. The highest BCUT2D eigenvalue weighted by atomic mass is 17.2. The van der Waals surface area contributed by atoms with Crippen LogP contribution in [0.5, 0.6) is 0 Å². The van der Waals surface area contributed by atoms with Crippen molar-refractivity contribution in [2.75, 3.05) is 6.61 Å². The van der Waals surface area contributed by atoms with E-state index in [4.69, 9.17) is 14.5 Å². The lowest BCUT2D eigenvalue weighted by atomic mass is 10.1. The Balaban J connectivity index is 1.82. The maximum atomic E-state index is 12.4. The lowest BCUT2D eigenvalue weighted by Gasteiger charge is -2.37. The molecule has 3 rings (SSSR count). The van der Waals surface area contributed by atoms with Crippen LogP contribution in [0.4, 0.5) is 0 Å². The third-order valence-corrected chi connectivity index (χ3v) is 3.91. The molecule has 1 aromatic carbocycles.